The highest BCUT2D eigenvalue weighted by Crippen LogP contribution is 2.19. The van der Waals surface area contributed by atoms with Crippen molar-refractivity contribution < 1.29 is 9.18 Å². The predicted octanol–water partition coefficient (Wildman–Crippen LogP) is 1.83. The Balaban J connectivity index is 1.45. The van der Waals surface area contributed by atoms with Gasteiger partial charge in [0.15, 0.2) is 0 Å². The summed E-state index contributed by atoms with van der Waals surface area (Å²) in [5, 5.41) is 21.6. The molecule has 0 aliphatic heterocycles. The molecular weight excluding hydrogens is 331 g/mol. The Hall–Kier alpha value is -2.81. The second-order valence-corrected chi connectivity index (χ2v) is 5.98. The lowest BCUT2D eigenvalue weighted by atomic mass is 10.1. The zero-order valence-corrected chi connectivity index (χ0v) is 13.4. The first-order valence-electron chi connectivity index (χ1n) is 7.29. The van der Waals surface area contributed by atoms with Crippen LogP contribution in [0, 0.1) is 5.82 Å². The molecule has 0 spiro atoms. The number of nitrogens with one attached hydrogen (secondary N) is 3. The molecule has 0 aliphatic carbocycles. The van der Waals surface area contributed by atoms with E-state index in [1.165, 1.54) is 23.6 Å². The quantitative estimate of drug-likeness (QED) is 0.567. The van der Waals surface area contributed by atoms with Gasteiger partial charge in [-0.2, -0.15) is 5.10 Å². The lowest BCUT2D eigenvalue weighted by Gasteiger charge is -2.03. The van der Waals surface area contributed by atoms with Crippen LogP contribution in [0.3, 0.4) is 0 Å². The third kappa shape index (κ3) is 4.13. The maximum absolute atomic E-state index is 13.6. The van der Waals surface area contributed by atoms with Crippen molar-refractivity contribution in [3.63, 3.8) is 0 Å². The maximum Gasteiger partial charge on any atom is 0.269 e. The number of nitrogens with zero attached hydrogens (tertiary/aromatic N) is 3. The van der Waals surface area contributed by atoms with Crippen LogP contribution in [0.1, 0.15) is 21.1 Å². The summed E-state index contributed by atoms with van der Waals surface area (Å²) in [6.45, 7) is 0.939. The van der Waals surface area contributed by atoms with Crippen LogP contribution in [0.15, 0.2) is 36.5 Å². The topological polar surface area (TPSA) is 95.6 Å². The van der Waals surface area contributed by atoms with E-state index >= 15 is 0 Å². The van der Waals surface area contributed by atoms with Crippen molar-refractivity contribution in [2.45, 2.75) is 6.42 Å². The summed E-state index contributed by atoms with van der Waals surface area (Å²) in [5.74, 6) is -0.462. The maximum atomic E-state index is 13.6. The molecule has 1 amide bonds. The summed E-state index contributed by atoms with van der Waals surface area (Å²) in [6, 6.07) is 8.21. The normalized spacial score (nSPS) is 10.5. The predicted molar refractivity (Wildman–Crippen MR) is 88.5 cm³/mol. The number of rotatable bonds is 7. The number of halogens is 1. The van der Waals surface area contributed by atoms with Crippen molar-refractivity contribution in [2.24, 2.45) is 0 Å². The van der Waals surface area contributed by atoms with Crippen LogP contribution in [-0.2, 0) is 6.42 Å². The second-order valence-electron chi connectivity index (χ2n) is 4.92. The molecule has 3 aromatic rings. The Morgan fingerprint density at radius 1 is 1.21 bits per heavy atom. The molecule has 2 heterocycles. The minimum Gasteiger partial charge on any atom is -0.358 e. The van der Waals surface area contributed by atoms with Gasteiger partial charge in [-0.15, -0.1) is 10.2 Å². The Morgan fingerprint density at radius 3 is 2.88 bits per heavy atom. The first-order valence-corrected chi connectivity index (χ1v) is 8.11. The van der Waals surface area contributed by atoms with Crippen LogP contribution >= 0.6 is 11.3 Å². The first-order chi connectivity index (χ1) is 11.7. The Labute approximate surface area is 141 Å². The number of hydrogen-bond acceptors (Lipinski definition) is 6. The van der Waals surface area contributed by atoms with E-state index in [0.717, 1.165) is 5.01 Å². The van der Waals surface area contributed by atoms with Crippen LogP contribution in [-0.4, -0.2) is 39.4 Å². The molecule has 1 aromatic carbocycles. The van der Waals surface area contributed by atoms with Gasteiger partial charge in [-0.3, -0.25) is 9.89 Å². The van der Waals surface area contributed by atoms with E-state index in [2.05, 4.69) is 31.0 Å². The molecule has 124 valence electrons. The van der Waals surface area contributed by atoms with Crippen LogP contribution in [0.2, 0.25) is 0 Å². The van der Waals surface area contributed by atoms with Gasteiger partial charge in [0, 0.05) is 25.7 Å². The minimum absolute atomic E-state index is 0.216. The lowest BCUT2D eigenvalue weighted by molar-refractivity contribution is 0.0950. The van der Waals surface area contributed by atoms with Crippen molar-refractivity contribution in [1.29, 1.82) is 0 Å². The van der Waals surface area contributed by atoms with E-state index < -0.39 is 0 Å². The van der Waals surface area contributed by atoms with Gasteiger partial charge in [-0.05, 0) is 17.7 Å². The number of anilines is 1. The molecule has 2 aromatic heterocycles. The summed E-state index contributed by atoms with van der Waals surface area (Å²) < 4.78 is 13.6. The fourth-order valence-corrected chi connectivity index (χ4v) is 2.81. The molecule has 0 fully saturated rings. The summed E-state index contributed by atoms with van der Waals surface area (Å²) in [6.07, 6.45) is 1.92. The zero-order chi connectivity index (χ0) is 16.8. The number of benzene rings is 1. The largest absolute Gasteiger partial charge is 0.358 e. The van der Waals surface area contributed by atoms with E-state index in [9.17, 15) is 9.18 Å². The molecule has 24 heavy (non-hydrogen) atoms. The molecule has 0 aliphatic rings. The van der Waals surface area contributed by atoms with Gasteiger partial charge < -0.3 is 10.6 Å². The van der Waals surface area contributed by atoms with Crippen molar-refractivity contribution in [1.82, 2.24) is 25.7 Å². The Morgan fingerprint density at radius 2 is 2.08 bits per heavy atom. The SMILES string of the molecule is O=C(NCCNc1nnc(Cc2ccccc2F)s1)c1ccn[nH]1. The smallest absolute Gasteiger partial charge is 0.269 e. The van der Waals surface area contributed by atoms with Crippen molar-refractivity contribution >= 4 is 22.4 Å². The second kappa shape index (κ2) is 7.64. The van der Waals surface area contributed by atoms with E-state index in [4.69, 9.17) is 0 Å². The average molecular weight is 346 g/mol. The molecule has 0 unspecified atom stereocenters. The monoisotopic (exact) mass is 346 g/mol. The standard InChI is InChI=1S/C15H15FN6OS/c16-11-4-2-1-3-10(11)9-13-21-22-15(24-13)18-8-7-17-14(23)12-5-6-19-20-12/h1-6H,7-9H2,(H,17,23)(H,18,22)(H,19,20). The molecule has 0 radical (unpaired) electrons. The molecule has 0 atom stereocenters. The fourth-order valence-electron chi connectivity index (χ4n) is 2.02. The lowest BCUT2D eigenvalue weighted by Crippen LogP contribution is -2.29. The number of aromatic amines is 1. The zero-order valence-electron chi connectivity index (χ0n) is 12.6. The highest BCUT2D eigenvalue weighted by molar-refractivity contribution is 7.15. The Bertz CT molecular complexity index is 804. The summed E-state index contributed by atoms with van der Waals surface area (Å²) in [7, 11) is 0. The van der Waals surface area contributed by atoms with E-state index in [1.54, 1.807) is 24.3 Å². The molecule has 0 saturated carbocycles. The number of aromatic nitrogens is 4. The number of hydrogen-bond donors (Lipinski definition) is 3. The summed E-state index contributed by atoms with van der Waals surface area (Å²) in [4.78, 5) is 11.7. The fraction of sp³-hybridized carbons (Fsp3) is 0.200. The van der Waals surface area contributed by atoms with Crippen LogP contribution in [0.4, 0.5) is 9.52 Å². The highest BCUT2D eigenvalue weighted by atomic mass is 32.1. The van der Waals surface area contributed by atoms with E-state index in [1.807, 2.05) is 0 Å². The number of amides is 1. The summed E-state index contributed by atoms with van der Waals surface area (Å²) in [5.41, 5.74) is 1.00. The van der Waals surface area contributed by atoms with E-state index in [0.29, 0.717) is 35.9 Å². The van der Waals surface area contributed by atoms with Crippen molar-refractivity contribution in [3.05, 3.63) is 58.6 Å². The minimum atomic E-state index is -0.247. The Kier molecular flexibility index (Phi) is 5.12. The third-order valence-electron chi connectivity index (χ3n) is 3.20. The number of carbonyl (C=O) groups excluding carboxylic acids is 1. The average Bonchev–Trinajstić information content (AvgIpc) is 3.25. The molecule has 3 rings (SSSR count). The van der Waals surface area contributed by atoms with Crippen LogP contribution in [0.25, 0.3) is 0 Å². The molecule has 7 nitrogen and oxygen atoms in total. The highest BCUT2D eigenvalue weighted by Gasteiger charge is 2.08. The number of carbonyl (C=O) groups is 1. The molecule has 3 N–H and O–H groups in total. The first kappa shape index (κ1) is 16.1. The molecule has 9 heteroatoms. The molecule has 0 saturated heterocycles. The van der Waals surface area contributed by atoms with Gasteiger partial charge in [-0.25, -0.2) is 4.39 Å². The molecular formula is C15H15FN6OS. The van der Waals surface area contributed by atoms with Crippen LogP contribution in [0.5, 0.6) is 0 Å². The van der Waals surface area contributed by atoms with Crippen molar-refractivity contribution in [2.75, 3.05) is 18.4 Å². The van der Waals surface area contributed by atoms with Gasteiger partial charge in [0.2, 0.25) is 5.13 Å². The molecule has 0 bridgehead atoms. The van der Waals surface area contributed by atoms with E-state index in [-0.39, 0.29) is 11.7 Å². The third-order valence-corrected chi connectivity index (χ3v) is 4.08. The van der Waals surface area contributed by atoms with Gasteiger partial charge in [0.25, 0.3) is 5.91 Å². The van der Waals surface area contributed by atoms with Crippen molar-refractivity contribution in [3.8, 4) is 0 Å². The van der Waals surface area contributed by atoms with Crippen LogP contribution < -0.4 is 10.6 Å². The van der Waals surface area contributed by atoms with Gasteiger partial charge in [0.1, 0.15) is 16.5 Å². The summed E-state index contributed by atoms with van der Waals surface area (Å²) >= 11 is 1.36. The van der Waals surface area contributed by atoms with Gasteiger partial charge in [-0.1, -0.05) is 29.5 Å². The number of H-pyrrole nitrogens is 1. The van der Waals surface area contributed by atoms with Gasteiger partial charge >= 0.3 is 0 Å². The van der Waals surface area contributed by atoms with Gasteiger partial charge in [0.05, 0.1) is 0 Å².